The Hall–Kier alpha value is -2.59. The van der Waals surface area contributed by atoms with Crippen LogP contribution in [0.1, 0.15) is 83.1 Å². The Bertz CT molecular complexity index is 1100. The fourth-order valence-corrected chi connectivity index (χ4v) is 4.54. The van der Waals surface area contributed by atoms with Crippen LogP contribution in [0.4, 0.5) is 0 Å². The van der Waals surface area contributed by atoms with Crippen molar-refractivity contribution in [2.24, 2.45) is 21.7 Å². The van der Waals surface area contributed by atoms with Crippen LogP contribution < -0.4 is 0 Å². The average molecular weight is 609 g/mol. The van der Waals surface area contributed by atoms with Crippen molar-refractivity contribution >= 4 is 35.6 Å². The van der Waals surface area contributed by atoms with Gasteiger partial charge in [0.2, 0.25) is 0 Å². The second-order valence-corrected chi connectivity index (χ2v) is 15.9. The maximum atomic E-state index is 13.3. The topological polar surface area (TPSA) is 114 Å². The largest absolute Gasteiger partial charge is 0.462 e. The summed E-state index contributed by atoms with van der Waals surface area (Å²) in [6.45, 7) is 20.2. The highest BCUT2D eigenvalue weighted by molar-refractivity contribution is 7.99. The first-order valence-corrected chi connectivity index (χ1v) is 15.1. The quantitative estimate of drug-likeness (QED) is 0.271. The third-order valence-electron chi connectivity index (χ3n) is 6.14. The van der Waals surface area contributed by atoms with E-state index >= 15 is 0 Å². The van der Waals surface area contributed by atoms with E-state index in [1.165, 1.54) is 11.8 Å². The molecule has 10 heteroatoms. The lowest BCUT2D eigenvalue weighted by atomic mass is 9.93. The van der Waals surface area contributed by atoms with Crippen molar-refractivity contribution in [3.05, 3.63) is 30.3 Å². The Morgan fingerprint density at radius 1 is 0.619 bits per heavy atom. The Morgan fingerprint density at radius 2 is 1.02 bits per heavy atom. The second kappa shape index (κ2) is 13.4. The summed E-state index contributed by atoms with van der Waals surface area (Å²) in [6, 6.07) is 9.32. The van der Waals surface area contributed by atoms with Crippen LogP contribution in [-0.4, -0.2) is 60.3 Å². The normalized spacial score (nSPS) is 23.5. The maximum Gasteiger partial charge on any atom is 0.311 e. The standard InChI is InChI=1S/C32H48O9S/c1-29(2,3)25(33)37-18-20-21(39-26(34)30(4,5)6)22(40-27(35)31(7,8)9)23(41-28(36)32(10,11)12)24(38-20)42-19-16-14-13-15-17-19/h13-17,20-24H,18H2,1-12H3/t20-,21-,22+,23-,24+/m1/s1. The van der Waals surface area contributed by atoms with Gasteiger partial charge in [-0.2, -0.15) is 0 Å². The highest BCUT2D eigenvalue weighted by atomic mass is 32.2. The van der Waals surface area contributed by atoms with Gasteiger partial charge in [-0.15, -0.1) is 0 Å². The summed E-state index contributed by atoms with van der Waals surface area (Å²) >= 11 is 1.26. The van der Waals surface area contributed by atoms with Gasteiger partial charge in [-0.1, -0.05) is 30.0 Å². The van der Waals surface area contributed by atoms with Gasteiger partial charge < -0.3 is 23.7 Å². The van der Waals surface area contributed by atoms with Crippen molar-refractivity contribution in [3.8, 4) is 0 Å². The summed E-state index contributed by atoms with van der Waals surface area (Å²) in [5, 5.41) is 0. The Kier molecular flexibility index (Phi) is 11.3. The van der Waals surface area contributed by atoms with Crippen LogP contribution in [0.25, 0.3) is 0 Å². The fourth-order valence-electron chi connectivity index (χ4n) is 3.42. The van der Waals surface area contributed by atoms with Crippen molar-refractivity contribution in [2.45, 2.75) is 118 Å². The van der Waals surface area contributed by atoms with Crippen LogP contribution >= 0.6 is 11.8 Å². The molecule has 2 rings (SSSR count). The fraction of sp³-hybridized carbons (Fsp3) is 0.688. The molecule has 236 valence electrons. The molecule has 0 saturated carbocycles. The van der Waals surface area contributed by atoms with Gasteiger partial charge in [0.05, 0.1) is 21.7 Å². The molecule has 1 aliphatic heterocycles. The highest BCUT2D eigenvalue weighted by Crippen LogP contribution is 2.39. The second-order valence-electron chi connectivity index (χ2n) is 14.7. The molecule has 0 bridgehead atoms. The minimum Gasteiger partial charge on any atom is -0.462 e. The van der Waals surface area contributed by atoms with E-state index in [4.69, 9.17) is 23.7 Å². The molecule has 1 aliphatic rings. The van der Waals surface area contributed by atoms with Crippen LogP contribution in [0.2, 0.25) is 0 Å². The van der Waals surface area contributed by atoms with Crippen molar-refractivity contribution in [1.29, 1.82) is 0 Å². The first-order valence-electron chi connectivity index (χ1n) is 14.2. The van der Waals surface area contributed by atoms with E-state index in [1.54, 1.807) is 83.1 Å². The maximum absolute atomic E-state index is 13.3. The van der Waals surface area contributed by atoms with Gasteiger partial charge in [0.1, 0.15) is 18.1 Å². The zero-order valence-corrected chi connectivity index (χ0v) is 27.9. The van der Waals surface area contributed by atoms with E-state index in [0.717, 1.165) is 4.90 Å². The molecular weight excluding hydrogens is 560 g/mol. The monoisotopic (exact) mass is 608 g/mol. The van der Waals surface area contributed by atoms with Gasteiger partial charge in [-0.25, -0.2) is 0 Å². The van der Waals surface area contributed by atoms with Crippen LogP contribution in [0, 0.1) is 21.7 Å². The van der Waals surface area contributed by atoms with Gasteiger partial charge >= 0.3 is 23.9 Å². The summed E-state index contributed by atoms with van der Waals surface area (Å²) in [6.07, 6.45) is -4.71. The van der Waals surface area contributed by atoms with Crippen LogP contribution in [-0.2, 0) is 42.9 Å². The Morgan fingerprint density at radius 3 is 1.45 bits per heavy atom. The zero-order chi connectivity index (χ0) is 32.3. The summed E-state index contributed by atoms with van der Waals surface area (Å²) in [5.74, 6) is -2.21. The SMILES string of the molecule is CC(C)(C)C(=O)OC[C@H]1O[C@@H](Sc2ccccc2)[C@H](OC(=O)C(C)(C)C)[C@@H](OC(=O)C(C)(C)C)[C@@H]1OC(=O)C(C)(C)C. The van der Waals surface area contributed by atoms with Crippen LogP contribution in [0.5, 0.6) is 0 Å². The third-order valence-corrected chi connectivity index (χ3v) is 7.30. The number of benzene rings is 1. The number of thioether (sulfide) groups is 1. The summed E-state index contributed by atoms with van der Waals surface area (Å²) in [5.41, 5.74) is -4.44. The number of hydrogen-bond donors (Lipinski definition) is 0. The number of hydrogen-bond acceptors (Lipinski definition) is 10. The third kappa shape index (κ3) is 10.0. The van der Waals surface area contributed by atoms with E-state index in [-0.39, 0.29) is 6.61 Å². The summed E-state index contributed by atoms with van der Waals surface area (Å²) in [7, 11) is 0. The molecule has 0 spiro atoms. The van der Waals surface area contributed by atoms with E-state index in [1.807, 2.05) is 30.3 Å². The van der Waals surface area contributed by atoms with E-state index in [2.05, 4.69) is 0 Å². The van der Waals surface area contributed by atoms with Crippen molar-refractivity contribution in [1.82, 2.24) is 0 Å². The predicted molar refractivity (Wildman–Crippen MR) is 159 cm³/mol. The number of carbonyl (C=O) groups excluding carboxylic acids is 4. The van der Waals surface area contributed by atoms with Crippen LogP contribution in [0.15, 0.2) is 35.2 Å². The lowest BCUT2D eigenvalue weighted by molar-refractivity contribution is -0.246. The molecule has 0 radical (unpaired) electrons. The predicted octanol–water partition coefficient (Wildman–Crippen LogP) is 5.97. The molecule has 1 saturated heterocycles. The first-order chi connectivity index (χ1) is 19.0. The smallest absolute Gasteiger partial charge is 0.311 e. The van der Waals surface area contributed by atoms with E-state index < -0.39 is 75.4 Å². The summed E-state index contributed by atoms with van der Waals surface area (Å²) < 4.78 is 30.1. The molecule has 0 aromatic heterocycles. The molecule has 0 aliphatic carbocycles. The van der Waals surface area contributed by atoms with Gasteiger partial charge in [0, 0.05) is 4.90 Å². The van der Waals surface area contributed by atoms with Crippen LogP contribution in [0.3, 0.4) is 0 Å². The molecule has 1 fully saturated rings. The van der Waals surface area contributed by atoms with Gasteiger partial charge in [-0.3, -0.25) is 19.2 Å². The van der Waals surface area contributed by atoms with Gasteiger partial charge in [0.25, 0.3) is 0 Å². The number of rotatable bonds is 7. The summed E-state index contributed by atoms with van der Waals surface area (Å²) in [4.78, 5) is 53.3. The molecule has 0 unspecified atom stereocenters. The van der Waals surface area contributed by atoms with E-state index in [9.17, 15) is 19.2 Å². The number of esters is 4. The Labute approximate surface area is 254 Å². The minimum absolute atomic E-state index is 0.284. The molecule has 0 N–H and O–H groups in total. The lowest BCUT2D eigenvalue weighted by Crippen LogP contribution is -2.63. The highest BCUT2D eigenvalue weighted by Gasteiger charge is 2.54. The van der Waals surface area contributed by atoms with Gasteiger partial charge in [-0.05, 0) is 95.2 Å². The number of carbonyl (C=O) groups is 4. The molecule has 0 amide bonds. The molecular formula is C32H48O9S. The van der Waals surface area contributed by atoms with Gasteiger partial charge in [0.15, 0.2) is 18.3 Å². The molecule has 1 aromatic carbocycles. The lowest BCUT2D eigenvalue weighted by Gasteiger charge is -2.46. The minimum atomic E-state index is -1.26. The molecule has 1 aromatic rings. The number of ether oxygens (including phenoxy) is 5. The zero-order valence-electron chi connectivity index (χ0n) is 27.1. The van der Waals surface area contributed by atoms with Crippen molar-refractivity contribution in [3.63, 3.8) is 0 Å². The first kappa shape index (κ1) is 35.6. The molecule has 1 heterocycles. The molecule has 42 heavy (non-hydrogen) atoms. The van der Waals surface area contributed by atoms with Crippen molar-refractivity contribution in [2.75, 3.05) is 6.61 Å². The average Bonchev–Trinajstić information content (AvgIpc) is 2.84. The van der Waals surface area contributed by atoms with Crippen molar-refractivity contribution < 1.29 is 42.9 Å². The Balaban J connectivity index is 2.68. The van der Waals surface area contributed by atoms with E-state index in [0.29, 0.717) is 0 Å². The molecule has 5 atom stereocenters. The molecule has 9 nitrogen and oxygen atoms in total.